The van der Waals surface area contributed by atoms with Gasteiger partial charge in [0.25, 0.3) is 0 Å². The van der Waals surface area contributed by atoms with Crippen LogP contribution in [-0.4, -0.2) is 36.0 Å². The zero-order chi connectivity index (χ0) is 21.0. The molecular weight excluding hydrogens is 364 g/mol. The first kappa shape index (κ1) is 20.3. The molecule has 29 heavy (non-hydrogen) atoms. The van der Waals surface area contributed by atoms with Gasteiger partial charge in [0.2, 0.25) is 5.91 Å². The number of carboxylic acids is 1. The highest BCUT2D eigenvalue weighted by Gasteiger charge is 2.13. The van der Waals surface area contributed by atoms with E-state index in [-0.39, 0.29) is 11.5 Å². The largest absolute Gasteiger partial charge is 0.478 e. The Morgan fingerprint density at radius 3 is 2.41 bits per heavy atom. The summed E-state index contributed by atoms with van der Waals surface area (Å²) in [6, 6.07) is 19.1. The fourth-order valence-electron chi connectivity index (χ4n) is 3.23. The van der Waals surface area contributed by atoms with Crippen molar-refractivity contribution in [1.82, 2.24) is 4.90 Å². The van der Waals surface area contributed by atoms with Crippen LogP contribution in [0.3, 0.4) is 0 Å². The van der Waals surface area contributed by atoms with Crippen molar-refractivity contribution in [2.75, 3.05) is 19.4 Å². The summed E-state index contributed by atoms with van der Waals surface area (Å²) in [6.45, 7) is 2.51. The minimum atomic E-state index is -1.08. The molecule has 3 rings (SSSR count). The predicted octanol–water partition coefficient (Wildman–Crippen LogP) is 4.64. The molecule has 0 unspecified atom stereocenters. The third-order valence-corrected chi connectivity index (χ3v) is 4.62. The fourth-order valence-corrected chi connectivity index (χ4v) is 3.23. The molecule has 3 aromatic rings. The van der Waals surface area contributed by atoms with E-state index in [4.69, 9.17) is 0 Å². The van der Waals surface area contributed by atoms with Gasteiger partial charge < -0.3 is 15.3 Å². The van der Waals surface area contributed by atoms with Gasteiger partial charge in [0.1, 0.15) is 0 Å². The van der Waals surface area contributed by atoms with Gasteiger partial charge in [0.15, 0.2) is 0 Å². The highest BCUT2D eigenvalue weighted by atomic mass is 16.4. The van der Waals surface area contributed by atoms with Crippen molar-refractivity contribution in [3.63, 3.8) is 0 Å². The minimum Gasteiger partial charge on any atom is -0.478 e. The SMILES string of the molecule is CC(=CC(=O)Nc1cc(CN(C)C)ccc1C(=O)O)c1ccc2ccccc2c1. The van der Waals surface area contributed by atoms with Gasteiger partial charge in [-0.05, 0) is 66.7 Å². The van der Waals surface area contributed by atoms with E-state index in [1.165, 1.54) is 12.1 Å². The standard InChI is InChI=1S/C24H24N2O3/c1-16(19-10-9-18-6-4-5-7-20(18)14-19)12-23(27)25-22-13-17(15-26(2)3)8-11-21(22)24(28)29/h4-14H,15H2,1-3H3,(H,25,27)(H,28,29). The van der Waals surface area contributed by atoms with Crippen molar-refractivity contribution in [3.8, 4) is 0 Å². The summed E-state index contributed by atoms with van der Waals surface area (Å²) < 4.78 is 0. The average molecular weight is 388 g/mol. The smallest absolute Gasteiger partial charge is 0.337 e. The Labute approximate surface area is 170 Å². The van der Waals surface area contributed by atoms with Gasteiger partial charge in [-0.15, -0.1) is 0 Å². The third kappa shape index (κ3) is 5.09. The number of carbonyl (C=O) groups is 2. The first-order valence-electron chi connectivity index (χ1n) is 9.33. The molecule has 0 aliphatic rings. The lowest BCUT2D eigenvalue weighted by Gasteiger charge is -2.13. The molecule has 0 aliphatic carbocycles. The van der Waals surface area contributed by atoms with E-state index < -0.39 is 5.97 Å². The average Bonchev–Trinajstić information content (AvgIpc) is 2.67. The van der Waals surface area contributed by atoms with E-state index >= 15 is 0 Å². The molecule has 148 valence electrons. The lowest BCUT2D eigenvalue weighted by atomic mass is 10.0. The Bertz CT molecular complexity index is 1100. The molecule has 0 radical (unpaired) electrons. The molecule has 1 amide bonds. The molecule has 0 saturated carbocycles. The maximum absolute atomic E-state index is 12.6. The maximum Gasteiger partial charge on any atom is 0.337 e. The zero-order valence-electron chi connectivity index (χ0n) is 16.8. The van der Waals surface area contributed by atoms with E-state index in [0.29, 0.717) is 12.2 Å². The number of nitrogens with one attached hydrogen (secondary N) is 1. The second-order valence-electron chi connectivity index (χ2n) is 7.30. The number of hydrogen-bond acceptors (Lipinski definition) is 3. The number of amides is 1. The molecule has 0 aliphatic heterocycles. The molecule has 2 N–H and O–H groups in total. The minimum absolute atomic E-state index is 0.0672. The maximum atomic E-state index is 12.6. The van der Waals surface area contributed by atoms with Crippen LogP contribution in [0, 0.1) is 0 Å². The van der Waals surface area contributed by atoms with Crippen molar-refractivity contribution in [2.45, 2.75) is 13.5 Å². The quantitative estimate of drug-likeness (QED) is 0.604. The normalized spacial score (nSPS) is 11.7. The van der Waals surface area contributed by atoms with Gasteiger partial charge in [0.05, 0.1) is 11.3 Å². The Morgan fingerprint density at radius 2 is 1.72 bits per heavy atom. The van der Waals surface area contributed by atoms with Crippen LogP contribution in [0.2, 0.25) is 0 Å². The van der Waals surface area contributed by atoms with E-state index in [1.54, 1.807) is 12.1 Å². The van der Waals surface area contributed by atoms with Crippen LogP contribution in [0.25, 0.3) is 16.3 Å². The van der Waals surface area contributed by atoms with Crippen molar-refractivity contribution < 1.29 is 14.7 Å². The molecule has 0 fully saturated rings. The molecule has 0 aromatic heterocycles. The van der Waals surface area contributed by atoms with Crippen molar-refractivity contribution in [2.24, 2.45) is 0 Å². The van der Waals surface area contributed by atoms with Crippen LogP contribution in [0.15, 0.2) is 66.7 Å². The number of anilines is 1. The van der Waals surface area contributed by atoms with Gasteiger partial charge in [-0.3, -0.25) is 4.79 Å². The van der Waals surface area contributed by atoms with Gasteiger partial charge in [0, 0.05) is 12.6 Å². The molecule has 0 spiro atoms. The van der Waals surface area contributed by atoms with Crippen LogP contribution in [0.1, 0.15) is 28.4 Å². The number of benzene rings is 3. The number of fused-ring (bicyclic) bond motifs is 1. The van der Waals surface area contributed by atoms with E-state index in [0.717, 1.165) is 27.5 Å². The number of carbonyl (C=O) groups excluding carboxylic acids is 1. The lowest BCUT2D eigenvalue weighted by molar-refractivity contribution is -0.111. The molecule has 0 saturated heterocycles. The molecular formula is C24H24N2O3. The van der Waals surface area contributed by atoms with Crippen LogP contribution < -0.4 is 5.32 Å². The van der Waals surface area contributed by atoms with Gasteiger partial charge in [-0.25, -0.2) is 4.79 Å². The Balaban J connectivity index is 1.85. The Kier molecular flexibility index (Phi) is 6.10. The second kappa shape index (κ2) is 8.71. The molecule has 0 bridgehead atoms. The topological polar surface area (TPSA) is 69.6 Å². The monoisotopic (exact) mass is 388 g/mol. The van der Waals surface area contributed by atoms with E-state index in [9.17, 15) is 14.7 Å². The number of carboxylic acid groups (broad SMARTS) is 1. The molecule has 0 atom stereocenters. The van der Waals surface area contributed by atoms with Gasteiger partial charge >= 0.3 is 5.97 Å². The molecule has 3 aromatic carbocycles. The second-order valence-corrected chi connectivity index (χ2v) is 7.30. The highest BCUT2D eigenvalue weighted by molar-refractivity contribution is 6.07. The molecule has 0 heterocycles. The van der Waals surface area contributed by atoms with E-state index in [2.05, 4.69) is 5.32 Å². The van der Waals surface area contributed by atoms with Crippen LogP contribution >= 0.6 is 0 Å². The number of nitrogens with zero attached hydrogens (tertiary/aromatic N) is 1. The van der Waals surface area contributed by atoms with Gasteiger partial charge in [-0.2, -0.15) is 0 Å². The van der Waals surface area contributed by atoms with Crippen LogP contribution in [-0.2, 0) is 11.3 Å². The number of rotatable bonds is 6. The van der Waals surface area contributed by atoms with Crippen molar-refractivity contribution in [3.05, 3.63) is 83.4 Å². The number of allylic oxidation sites excluding steroid dienone is 1. The zero-order valence-corrected chi connectivity index (χ0v) is 16.8. The summed E-state index contributed by atoms with van der Waals surface area (Å²) in [5.41, 5.74) is 3.03. The summed E-state index contributed by atoms with van der Waals surface area (Å²) in [4.78, 5) is 26.1. The number of hydrogen-bond donors (Lipinski definition) is 2. The molecule has 5 heteroatoms. The fraction of sp³-hybridized carbons (Fsp3) is 0.167. The predicted molar refractivity (Wildman–Crippen MR) is 117 cm³/mol. The summed E-state index contributed by atoms with van der Waals surface area (Å²) in [7, 11) is 3.86. The summed E-state index contributed by atoms with van der Waals surface area (Å²) >= 11 is 0. The van der Waals surface area contributed by atoms with Gasteiger partial charge in [-0.1, -0.05) is 42.5 Å². The Morgan fingerprint density at radius 1 is 1.00 bits per heavy atom. The first-order chi connectivity index (χ1) is 13.8. The van der Waals surface area contributed by atoms with Crippen molar-refractivity contribution >= 4 is 33.9 Å². The molecule has 5 nitrogen and oxygen atoms in total. The number of aromatic carboxylic acids is 1. The summed E-state index contributed by atoms with van der Waals surface area (Å²) in [5, 5.41) is 14.4. The van der Waals surface area contributed by atoms with Crippen LogP contribution in [0.4, 0.5) is 5.69 Å². The first-order valence-corrected chi connectivity index (χ1v) is 9.33. The van der Waals surface area contributed by atoms with Crippen LogP contribution in [0.5, 0.6) is 0 Å². The lowest BCUT2D eigenvalue weighted by Crippen LogP contribution is -2.15. The summed E-state index contributed by atoms with van der Waals surface area (Å²) in [6.07, 6.45) is 1.49. The van der Waals surface area contributed by atoms with E-state index in [1.807, 2.05) is 68.4 Å². The summed E-state index contributed by atoms with van der Waals surface area (Å²) in [5.74, 6) is -1.44. The Hall–Kier alpha value is -3.44. The van der Waals surface area contributed by atoms with Crippen molar-refractivity contribution in [1.29, 1.82) is 0 Å². The third-order valence-electron chi connectivity index (χ3n) is 4.62. The highest BCUT2D eigenvalue weighted by Crippen LogP contribution is 2.22.